The second-order valence-electron chi connectivity index (χ2n) is 5.93. The number of likely N-dealkylation sites (tertiary alicyclic amines) is 1. The first-order chi connectivity index (χ1) is 10.2. The minimum absolute atomic E-state index is 0.0946. The Morgan fingerprint density at radius 2 is 1.95 bits per heavy atom. The van der Waals surface area contributed by atoms with Gasteiger partial charge in [-0.3, -0.25) is 9.36 Å². The van der Waals surface area contributed by atoms with Crippen LogP contribution in [0.3, 0.4) is 0 Å². The Hall–Kier alpha value is -1.88. The molecule has 1 saturated heterocycles. The fraction of sp³-hybridized carbons (Fsp3) is 0.375. The molecular formula is C16H17N3OS. The SMILES string of the molecule is O=C(c1c[nH]c(=S)n1-c1ccccc1)N1CCC12CCC2. The zero-order chi connectivity index (χ0) is 14.4. The highest BCUT2D eigenvalue weighted by atomic mass is 32.1. The summed E-state index contributed by atoms with van der Waals surface area (Å²) in [6.45, 7) is 0.867. The van der Waals surface area contributed by atoms with E-state index in [1.807, 2.05) is 39.8 Å². The van der Waals surface area contributed by atoms with E-state index in [1.165, 1.54) is 6.42 Å². The highest BCUT2D eigenvalue weighted by molar-refractivity contribution is 7.71. The molecule has 1 spiro atoms. The number of H-pyrrole nitrogens is 1. The van der Waals surface area contributed by atoms with Gasteiger partial charge in [0.1, 0.15) is 5.69 Å². The Morgan fingerprint density at radius 3 is 2.52 bits per heavy atom. The zero-order valence-electron chi connectivity index (χ0n) is 11.7. The molecule has 0 atom stereocenters. The van der Waals surface area contributed by atoms with Crippen LogP contribution in [0.15, 0.2) is 36.5 Å². The summed E-state index contributed by atoms with van der Waals surface area (Å²) in [6, 6.07) is 9.80. The van der Waals surface area contributed by atoms with E-state index < -0.39 is 0 Å². The maximum atomic E-state index is 12.9. The largest absolute Gasteiger partial charge is 0.336 e. The Bertz CT molecular complexity index is 737. The first-order valence-corrected chi connectivity index (χ1v) is 7.80. The molecule has 1 aliphatic heterocycles. The van der Waals surface area contributed by atoms with Crippen molar-refractivity contribution < 1.29 is 4.79 Å². The second-order valence-corrected chi connectivity index (χ2v) is 6.32. The molecule has 1 N–H and O–H groups in total. The number of hydrogen-bond acceptors (Lipinski definition) is 2. The lowest BCUT2D eigenvalue weighted by atomic mass is 9.67. The lowest BCUT2D eigenvalue weighted by molar-refractivity contribution is -0.0492. The summed E-state index contributed by atoms with van der Waals surface area (Å²) in [6.07, 6.45) is 6.42. The third kappa shape index (κ3) is 1.80. The normalized spacial score (nSPS) is 19.1. The van der Waals surface area contributed by atoms with Crippen LogP contribution < -0.4 is 0 Å². The van der Waals surface area contributed by atoms with Gasteiger partial charge in [0.05, 0.1) is 0 Å². The third-order valence-electron chi connectivity index (χ3n) is 4.91. The van der Waals surface area contributed by atoms with Crippen molar-refractivity contribution >= 4 is 18.1 Å². The molecule has 5 heteroatoms. The number of aromatic nitrogens is 2. The van der Waals surface area contributed by atoms with E-state index in [1.54, 1.807) is 6.20 Å². The average molecular weight is 299 g/mol. The molecule has 2 aliphatic rings. The van der Waals surface area contributed by atoms with Gasteiger partial charge in [0.15, 0.2) is 4.77 Å². The summed E-state index contributed by atoms with van der Waals surface area (Å²) >= 11 is 5.35. The number of benzene rings is 1. The molecule has 2 fully saturated rings. The molecule has 108 valence electrons. The lowest BCUT2D eigenvalue weighted by Crippen LogP contribution is -2.65. The van der Waals surface area contributed by atoms with E-state index in [0.717, 1.165) is 31.5 Å². The molecule has 0 bridgehead atoms. The highest BCUT2D eigenvalue weighted by Gasteiger charge is 2.51. The van der Waals surface area contributed by atoms with E-state index in [4.69, 9.17) is 12.2 Å². The van der Waals surface area contributed by atoms with Crippen LogP contribution in [-0.2, 0) is 0 Å². The van der Waals surface area contributed by atoms with E-state index in [9.17, 15) is 4.79 Å². The van der Waals surface area contributed by atoms with Crippen LogP contribution in [0.5, 0.6) is 0 Å². The van der Waals surface area contributed by atoms with Crippen molar-refractivity contribution in [3.05, 3.63) is 47.0 Å². The monoisotopic (exact) mass is 299 g/mol. The molecular weight excluding hydrogens is 282 g/mol. The fourth-order valence-electron chi connectivity index (χ4n) is 3.46. The number of rotatable bonds is 2. The maximum absolute atomic E-state index is 12.9. The number of nitrogens with one attached hydrogen (secondary N) is 1. The lowest BCUT2D eigenvalue weighted by Gasteiger charge is -2.58. The van der Waals surface area contributed by atoms with Crippen LogP contribution in [-0.4, -0.2) is 32.4 Å². The molecule has 2 aromatic rings. The van der Waals surface area contributed by atoms with E-state index in [0.29, 0.717) is 10.5 Å². The van der Waals surface area contributed by atoms with Gasteiger partial charge in [0.25, 0.3) is 5.91 Å². The van der Waals surface area contributed by atoms with E-state index in [2.05, 4.69) is 4.98 Å². The van der Waals surface area contributed by atoms with Crippen molar-refractivity contribution in [1.29, 1.82) is 0 Å². The number of carbonyl (C=O) groups excluding carboxylic acids is 1. The van der Waals surface area contributed by atoms with Gasteiger partial charge < -0.3 is 9.88 Å². The van der Waals surface area contributed by atoms with Crippen LogP contribution in [0.4, 0.5) is 0 Å². The van der Waals surface area contributed by atoms with Gasteiger partial charge in [-0.15, -0.1) is 0 Å². The summed E-state index contributed by atoms with van der Waals surface area (Å²) in [4.78, 5) is 17.9. The zero-order valence-corrected chi connectivity index (χ0v) is 12.5. The predicted molar refractivity (Wildman–Crippen MR) is 83.2 cm³/mol. The van der Waals surface area contributed by atoms with Crippen LogP contribution in [0, 0.1) is 4.77 Å². The Kier molecular flexibility index (Phi) is 2.79. The van der Waals surface area contributed by atoms with Gasteiger partial charge in [-0.05, 0) is 50.0 Å². The fourth-order valence-corrected chi connectivity index (χ4v) is 3.72. The minimum atomic E-state index is 0.0946. The van der Waals surface area contributed by atoms with E-state index in [-0.39, 0.29) is 11.4 Å². The Balaban J connectivity index is 1.73. The second kappa shape index (κ2) is 4.56. The molecule has 1 aliphatic carbocycles. The summed E-state index contributed by atoms with van der Waals surface area (Å²) in [5, 5.41) is 0. The maximum Gasteiger partial charge on any atom is 0.272 e. The Labute approximate surface area is 128 Å². The van der Waals surface area contributed by atoms with Gasteiger partial charge >= 0.3 is 0 Å². The predicted octanol–water partition coefficient (Wildman–Crippen LogP) is 3.30. The number of imidazole rings is 1. The molecule has 1 saturated carbocycles. The molecule has 4 nitrogen and oxygen atoms in total. The average Bonchev–Trinajstić information content (AvgIpc) is 2.79. The van der Waals surface area contributed by atoms with Gasteiger partial charge in [-0.1, -0.05) is 18.2 Å². The quantitative estimate of drug-likeness (QED) is 0.864. The van der Waals surface area contributed by atoms with Crippen molar-refractivity contribution in [2.45, 2.75) is 31.2 Å². The van der Waals surface area contributed by atoms with Crippen molar-refractivity contribution in [2.24, 2.45) is 0 Å². The molecule has 1 aromatic heterocycles. The van der Waals surface area contributed by atoms with Gasteiger partial charge in [0.2, 0.25) is 0 Å². The van der Waals surface area contributed by atoms with Gasteiger partial charge in [-0.25, -0.2) is 0 Å². The van der Waals surface area contributed by atoms with Crippen molar-refractivity contribution in [3.63, 3.8) is 0 Å². The van der Waals surface area contributed by atoms with Gasteiger partial charge in [0, 0.05) is 24.0 Å². The molecule has 4 rings (SSSR count). The number of nitrogens with zero attached hydrogens (tertiary/aromatic N) is 2. The van der Waals surface area contributed by atoms with Gasteiger partial charge in [-0.2, -0.15) is 0 Å². The Morgan fingerprint density at radius 1 is 1.19 bits per heavy atom. The number of aromatic amines is 1. The molecule has 1 aromatic carbocycles. The first kappa shape index (κ1) is 12.8. The van der Waals surface area contributed by atoms with E-state index >= 15 is 0 Å². The third-order valence-corrected chi connectivity index (χ3v) is 5.21. The minimum Gasteiger partial charge on any atom is -0.336 e. The van der Waals surface area contributed by atoms with Crippen molar-refractivity contribution in [1.82, 2.24) is 14.5 Å². The van der Waals surface area contributed by atoms with Crippen molar-refractivity contribution in [3.8, 4) is 5.69 Å². The number of hydrogen-bond donors (Lipinski definition) is 1. The van der Waals surface area contributed by atoms with Crippen LogP contribution in [0.25, 0.3) is 5.69 Å². The summed E-state index contributed by atoms with van der Waals surface area (Å²) < 4.78 is 2.40. The van der Waals surface area contributed by atoms with Crippen LogP contribution in [0.2, 0.25) is 0 Å². The first-order valence-electron chi connectivity index (χ1n) is 7.39. The number of para-hydroxylation sites is 1. The molecule has 1 amide bonds. The molecule has 0 unspecified atom stereocenters. The number of carbonyl (C=O) groups is 1. The highest BCUT2D eigenvalue weighted by Crippen LogP contribution is 2.47. The standard InChI is InChI=1S/C16H17N3OS/c20-14(18-10-9-16(18)7-4-8-16)13-11-17-15(21)19(13)12-5-2-1-3-6-12/h1-3,5-6,11H,4,7-10H2,(H,17,21). The molecule has 0 radical (unpaired) electrons. The molecule has 2 heterocycles. The number of amides is 1. The summed E-state index contributed by atoms with van der Waals surface area (Å²) in [5.41, 5.74) is 1.72. The van der Waals surface area contributed by atoms with Crippen molar-refractivity contribution in [2.75, 3.05) is 6.54 Å². The summed E-state index contributed by atoms with van der Waals surface area (Å²) in [7, 11) is 0. The topological polar surface area (TPSA) is 41.0 Å². The summed E-state index contributed by atoms with van der Waals surface area (Å²) in [5.74, 6) is 0.0946. The molecule has 21 heavy (non-hydrogen) atoms. The van der Waals surface area contributed by atoms with Crippen LogP contribution in [0.1, 0.15) is 36.2 Å². The smallest absolute Gasteiger partial charge is 0.272 e. The van der Waals surface area contributed by atoms with Crippen LogP contribution >= 0.6 is 12.2 Å².